The lowest BCUT2D eigenvalue weighted by atomic mass is 9.85. The number of ether oxygens (including phenoxy) is 1. The summed E-state index contributed by atoms with van der Waals surface area (Å²) in [6.45, 7) is -0.634. The second-order valence-corrected chi connectivity index (χ2v) is 7.18. The first-order chi connectivity index (χ1) is 13.9. The maximum atomic E-state index is 12.3. The average molecular weight is 416 g/mol. The number of imide groups is 1. The van der Waals surface area contributed by atoms with Crippen LogP contribution in [0.2, 0.25) is 5.02 Å². The minimum atomic E-state index is -0.708. The Labute approximate surface area is 172 Å². The van der Waals surface area contributed by atoms with Crippen molar-refractivity contribution in [2.24, 2.45) is 11.8 Å². The summed E-state index contributed by atoms with van der Waals surface area (Å²) in [5, 5.41) is 11.8. The predicted octanol–water partition coefficient (Wildman–Crippen LogP) is 2.03. The minimum absolute atomic E-state index is 0.0714. The maximum Gasteiger partial charge on any atom is 0.308 e. The van der Waals surface area contributed by atoms with Crippen LogP contribution in [0.3, 0.4) is 0 Å². The molecule has 2 aliphatic rings. The molecule has 3 rings (SSSR count). The molecule has 0 aromatic heterocycles. The molecule has 9 heteroatoms. The molecule has 0 unspecified atom stereocenters. The molecule has 29 heavy (non-hydrogen) atoms. The number of benzene rings is 1. The maximum absolute atomic E-state index is 12.3. The molecular weight excluding hydrogens is 398 g/mol. The van der Waals surface area contributed by atoms with E-state index in [1.807, 2.05) is 18.2 Å². The quantitative estimate of drug-likeness (QED) is 0.431. The van der Waals surface area contributed by atoms with Crippen LogP contribution in [0.5, 0.6) is 0 Å². The van der Waals surface area contributed by atoms with E-state index in [1.54, 1.807) is 0 Å². The van der Waals surface area contributed by atoms with Gasteiger partial charge in [0, 0.05) is 11.6 Å². The number of fused-ring (bicyclic) bond motifs is 1. The number of amides is 3. The highest BCUT2D eigenvalue weighted by atomic mass is 35.5. The number of carbonyl (C=O) groups is 4. The topological polar surface area (TPSA) is 117 Å². The molecule has 150 valence electrons. The lowest BCUT2D eigenvalue weighted by Gasteiger charge is -2.14. The number of anilines is 1. The smallest absolute Gasteiger partial charge is 0.308 e. The molecule has 3 amide bonds. The number of hydrogen-bond acceptors (Lipinski definition) is 6. The molecule has 0 saturated carbocycles. The summed E-state index contributed by atoms with van der Waals surface area (Å²) in [6.07, 6.45) is 4.65. The molecule has 1 heterocycles. The van der Waals surface area contributed by atoms with Crippen molar-refractivity contribution in [1.29, 1.82) is 5.26 Å². The van der Waals surface area contributed by atoms with Crippen LogP contribution in [0.25, 0.3) is 0 Å². The Morgan fingerprint density at radius 1 is 1.21 bits per heavy atom. The summed E-state index contributed by atoms with van der Waals surface area (Å²) in [5.41, 5.74) is 0.432. The van der Waals surface area contributed by atoms with Crippen molar-refractivity contribution in [3.63, 3.8) is 0 Å². The normalized spacial score (nSPS) is 20.2. The van der Waals surface area contributed by atoms with E-state index < -0.39 is 18.5 Å². The second kappa shape index (κ2) is 8.88. The largest absolute Gasteiger partial charge is 0.456 e. The van der Waals surface area contributed by atoms with Gasteiger partial charge in [-0.1, -0.05) is 23.8 Å². The number of carbonyl (C=O) groups excluding carboxylic acids is 4. The Balaban J connectivity index is 1.46. The third kappa shape index (κ3) is 4.63. The fraction of sp³-hybridized carbons (Fsp3) is 0.350. The summed E-state index contributed by atoms with van der Waals surface area (Å²) in [7, 11) is 0. The number of nitriles is 1. The third-order valence-corrected chi connectivity index (χ3v) is 5.11. The number of halogens is 1. The van der Waals surface area contributed by atoms with Gasteiger partial charge >= 0.3 is 5.97 Å². The van der Waals surface area contributed by atoms with Crippen LogP contribution < -0.4 is 5.32 Å². The van der Waals surface area contributed by atoms with Crippen molar-refractivity contribution in [1.82, 2.24) is 4.90 Å². The Morgan fingerprint density at radius 2 is 1.86 bits per heavy atom. The lowest BCUT2D eigenvalue weighted by molar-refractivity contribution is -0.148. The van der Waals surface area contributed by atoms with Crippen molar-refractivity contribution < 1.29 is 23.9 Å². The zero-order valence-corrected chi connectivity index (χ0v) is 16.1. The third-order valence-electron chi connectivity index (χ3n) is 4.88. The molecule has 0 bridgehead atoms. The Bertz CT molecular complexity index is 911. The summed E-state index contributed by atoms with van der Waals surface area (Å²) >= 11 is 5.85. The summed E-state index contributed by atoms with van der Waals surface area (Å²) in [4.78, 5) is 49.7. The van der Waals surface area contributed by atoms with Gasteiger partial charge in [0.2, 0.25) is 11.8 Å². The van der Waals surface area contributed by atoms with E-state index in [9.17, 15) is 19.2 Å². The van der Waals surface area contributed by atoms with Crippen LogP contribution in [0, 0.1) is 23.2 Å². The molecule has 1 N–H and O–H groups in total. The monoisotopic (exact) mass is 415 g/mol. The van der Waals surface area contributed by atoms with E-state index in [-0.39, 0.29) is 47.9 Å². The minimum Gasteiger partial charge on any atom is -0.456 e. The van der Waals surface area contributed by atoms with E-state index in [0.29, 0.717) is 17.9 Å². The molecule has 1 aliphatic carbocycles. The van der Waals surface area contributed by atoms with Crippen molar-refractivity contribution >= 4 is 41.0 Å². The van der Waals surface area contributed by atoms with Gasteiger partial charge in [-0.05, 0) is 31.0 Å². The van der Waals surface area contributed by atoms with Crippen LogP contribution in [-0.4, -0.2) is 41.7 Å². The number of esters is 1. The first-order valence-electron chi connectivity index (χ1n) is 9.06. The van der Waals surface area contributed by atoms with Crippen LogP contribution >= 0.6 is 11.6 Å². The molecule has 1 saturated heterocycles. The highest BCUT2D eigenvalue weighted by Gasteiger charge is 2.46. The Morgan fingerprint density at radius 3 is 2.48 bits per heavy atom. The number of nitrogens with one attached hydrogen (secondary N) is 1. The molecule has 1 aromatic carbocycles. The van der Waals surface area contributed by atoms with Gasteiger partial charge in [-0.2, -0.15) is 5.26 Å². The summed E-state index contributed by atoms with van der Waals surface area (Å²) < 4.78 is 4.90. The van der Waals surface area contributed by atoms with Crippen molar-refractivity contribution in [2.45, 2.75) is 19.3 Å². The molecule has 8 nitrogen and oxygen atoms in total. The van der Waals surface area contributed by atoms with Crippen molar-refractivity contribution in [3.05, 3.63) is 40.9 Å². The number of nitrogens with zero attached hydrogens (tertiary/aromatic N) is 2. The van der Waals surface area contributed by atoms with Gasteiger partial charge in [0.05, 0.1) is 29.5 Å². The molecule has 0 spiro atoms. The second-order valence-electron chi connectivity index (χ2n) is 6.74. The molecular formula is C20H18ClN3O5. The van der Waals surface area contributed by atoms with E-state index in [0.717, 1.165) is 4.90 Å². The van der Waals surface area contributed by atoms with Crippen LogP contribution in [0.15, 0.2) is 30.4 Å². The summed E-state index contributed by atoms with van der Waals surface area (Å²) in [6, 6.07) is 6.31. The van der Waals surface area contributed by atoms with Gasteiger partial charge in [-0.15, -0.1) is 0 Å². The van der Waals surface area contributed by atoms with E-state index in [1.165, 1.54) is 18.2 Å². The number of allylic oxidation sites excluding steroid dienone is 2. The standard InChI is InChI=1S/C20H18ClN3O5/c21-13-6-5-12(10-22)16(9-13)23-17(25)11-29-18(26)7-8-24-19(27)14-3-1-2-4-15(14)20(24)28/h1-2,5-6,9,14-15H,3-4,7-8,11H2,(H,23,25)/t14-,15+. The van der Waals surface area contributed by atoms with Crippen LogP contribution in [0.4, 0.5) is 5.69 Å². The molecule has 1 aromatic rings. The van der Waals surface area contributed by atoms with E-state index >= 15 is 0 Å². The van der Waals surface area contributed by atoms with E-state index in [2.05, 4.69) is 5.32 Å². The fourth-order valence-electron chi connectivity index (χ4n) is 3.41. The number of rotatable bonds is 6. The Hall–Kier alpha value is -3.18. The fourth-order valence-corrected chi connectivity index (χ4v) is 3.59. The van der Waals surface area contributed by atoms with Gasteiger partial charge in [-0.25, -0.2) is 0 Å². The zero-order chi connectivity index (χ0) is 21.0. The van der Waals surface area contributed by atoms with Crippen LogP contribution in [0.1, 0.15) is 24.8 Å². The molecule has 2 atom stereocenters. The first-order valence-corrected chi connectivity index (χ1v) is 9.44. The molecule has 1 aliphatic heterocycles. The lowest BCUT2D eigenvalue weighted by Crippen LogP contribution is -2.33. The highest BCUT2D eigenvalue weighted by Crippen LogP contribution is 2.35. The Kier molecular flexibility index (Phi) is 6.29. The van der Waals surface area contributed by atoms with Gasteiger partial charge in [0.15, 0.2) is 6.61 Å². The SMILES string of the molecule is N#Cc1ccc(Cl)cc1NC(=O)COC(=O)CCN1C(=O)[C@H]2CC=CC[C@H]2C1=O. The van der Waals surface area contributed by atoms with Gasteiger partial charge < -0.3 is 10.1 Å². The highest BCUT2D eigenvalue weighted by molar-refractivity contribution is 6.31. The molecule has 0 radical (unpaired) electrons. The van der Waals surface area contributed by atoms with Crippen molar-refractivity contribution in [3.8, 4) is 6.07 Å². The van der Waals surface area contributed by atoms with Gasteiger partial charge in [0.1, 0.15) is 6.07 Å². The summed E-state index contributed by atoms with van der Waals surface area (Å²) in [5.74, 6) is -2.56. The molecule has 1 fully saturated rings. The number of hydrogen-bond donors (Lipinski definition) is 1. The predicted molar refractivity (Wildman–Crippen MR) is 102 cm³/mol. The zero-order valence-electron chi connectivity index (χ0n) is 15.4. The van der Waals surface area contributed by atoms with Crippen LogP contribution in [-0.2, 0) is 23.9 Å². The van der Waals surface area contributed by atoms with Gasteiger partial charge in [-0.3, -0.25) is 24.1 Å². The first kappa shape index (κ1) is 20.6. The van der Waals surface area contributed by atoms with Crippen molar-refractivity contribution in [2.75, 3.05) is 18.5 Å². The van der Waals surface area contributed by atoms with Gasteiger partial charge in [0.25, 0.3) is 5.91 Å². The van der Waals surface area contributed by atoms with E-state index in [4.69, 9.17) is 21.6 Å². The average Bonchev–Trinajstić information content (AvgIpc) is 2.95. The number of likely N-dealkylation sites (tertiary alicyclic amines) is 1.